The van der Waals surface area contributed by atoms with Gasteiger partial charge in [-0.1, -0.05) is 36.4 Å². The average Bonchev–Trinajstić information content (AvgIpc) is 3.29. The van der Waals surface area contributed by atoms with Crippen LogP contribution in [-0.2, 0) is 10.8 Å². The lowest BCUT2D eigenvalue weighted by Crippen LogP contribution is -1.88. The van der Waals surface area contributed by atoms with E-state index in [1.807, 2.05) is 54.6 Å². The largest absolute Gasteiger partial charge is 0.497 e. The molecule has 0 aliphatic rings. The Bertz CT molecular complexity index is 1430. The fourth-order valence-corrected chi connectivity index (χ4v) is 4.35. The third kappa shape index (κ3) is 3.69. The topological polar surface area (TPSA) is 67.9 Å². The summed E-state index contributed by atoms with van der Waals surface area (Å²) in [4.78, 5) is 13.4. The molecule has 158 valence electrons. The van der Waals surface area contributed by atoms with Crippen LogP contribution in [0.1, 0.15) is 0 Å². The van der Waals surface area contributed by atoms with Crippen LogP contribution in [0.3, 0.4) is 0 Å². The summed E-state index contributed by atoms with van der Waals surface area (Å²) < 4.78 is 17.2. The van der Waals surface area contributed by atoms with E-state index in [0.29, 0.717) is 0 Å². The molecule has 0 saturated heterocycles. The molecule has 0 aliphatic carbocycles. The van der Waals surface area contributed by atoms with Crippen LogP contribution in [0.25, 0.3) is 44.7 Å². The number of nitrogens with zero attached hydrogens (tertiary/aromatic N) is 2. The summed E-state index contributed by atoms with van der Waals surface area (Å²) in [6, 6.07) is 23.9. The Morgan fingerprint density at radius 2 is 1.69 bits per heavy atom. The Morgan fingerprint density at radius 3 is 2.41 bits per heavy atom. The molecule has 0 unspecified atom stereocenters. The Hall–Kier alpha value is -3.77. The number of hydrogen-bond acceptors (Lipinski definition) is 4. The molecule has 1 N–H and O–H groups in total. The summed E-state index contributed by atoms with van der Waals surface area (Å²) in [7, 11) is 0.655. The first-order valence-electron chi connectivity index (χ1n) is 10.2. The minimum absolute atomic E-state index is 0.755. The molecule has 0 aliphatic heterocycles. The molecule has 2 aromatic heterocycles. The number of aromatic amines is 1. The molecule has 32 heavy (non-hydrogen) atoms. The smallest absolute Gasteiger partial charge is 0.138 e. The maximum absolute atomic E-state index is 11.8. The van der Waals surface area contributed by atoms with Gasteiger partial charge >= 0.3 is 0 Å². The summed E-state index contributed by atoms with van der Waals surface area (Å²) in [6.45, 7) is 0. The zero-order chi connectivity index (χ0) is 22.1. The number of H-pyrrole nitrogens is 1. The van der Waals surface area contributed by atoms with E-state index in [0.717, 1.165) is 55.3 Å². The van der Waals surface area contributed by atoms with Crippen molar-refractivity contribution in [2.45, 2.75) is 4.90 Å². The number of benzene rings is 3. The maximum atomic E-state index is 11.8. The molecule has 0 radical (unpaired) electrons. The number of hydrogen-bond donors (Lipinski definition) is 1. The summed E-state index contributed by atoms with van der Waals surface area (Å²) in [6.07, 6.45) is 5.22. The lowest BCUT2D eigenvalue weighted by Gasteiger charge is -2.09. The second kappa shape index (κ2) is 8.40. The highest BCUT2D eigenvalue weighted by Gasteiger charge is 2.17. The van der Waals surface area contributed by atoms with Crippen LogP contribution in [0.2, 0.25) is 0 Å². The van der Waals surface area contributed by atoms with E-state index < -0.39 is 10.8 Å². The molecule has 3 aromatic carbocycles. The zero-order valence-electron chi connectivity index (χ0n) is 17.7. The molecule has 5 nitrogen and oxygen atoms in total. The maximum Gasteiger partial charge on any atom is 0.138 e. The number of rotatable bonds is 5. The highest BCUT2D eigenvalue weighted by atomic mass is 32.2. The second-order valence-electron chi connectivity index (χ2n) is 7.42. The molecular formula is C26H21N3O2S. The van der Waals surface area contributed by atoms with Crippen LogP contribution >= 0.6 is 0 Å². The molecule has 0 saturated carbocycles. The summed E-state index contributed by atoms with van der Waals surface area (Å²) >= 11 is 0. The molecule has 0 amide bonds. The number of pyridine rings is 1. The van der Waals surface area contributed by atoms with Gasteiger partial charge in [0.2, 0.25) is 0 Å². The highest BCUT2D eigenvalue weighted by Crippen LogP contribution is 2.37. The van der Waals surface area contributed by atoms with Crippen molar-refractivity contribution in [3.63, 3.8) is 0 Å². The molecule has 0 bridgehead atoms. The fourth-order valence-electron chi connectivity index (χ4n) is 3.83. The number of ether oxygens (including phenoxy) is 1. The lowest BCUT2D eigenvalue weighted by atomic mass is 9.99. The van der Waals surface area contributed by atoms with Crippen LogP contribution < -0.4 is 4.74 Å². The Kier molecular flexibility index (Phi) is 5.29. The minimum atomic E-state index is -1.02. The minimum Gasteiger partial charge on any atom is -0.497 e. The van der Waals surface area contributed by atoms with Crippen molar-refractivity contribution >= 4 is 21.6 Å². The summed E-state index contributed by atoms with van der Waals surface area (Å²) in [5, 5.41) is 2.20. The first-order valence-corrected chi connectivity index (χ1v) is 11.7. The van der Waals surface area contributed by atoms with Crippen molar-refractivity contribution < 1.29 is 8.95 Å². The number of methoxy groups -OCH3 is 1. The normalized spacial score (nSPS) is 12.1. The van der Waals surface area contributed by atoms with Crippen LogP contribution in [0.15, 0.2) is 90.1 Å². The van der Waals surface area contributed by atoms with Crippen LogP contribution in [0.5, 0.6) is 5.75 Å². The van der Waals surface area contributed by atoms with E-state index in [2.05, 4.69) is 28.2 Å². The first-order chi connectivity index (χ1) is 15.6. The van der Waals surface area contributed by atoms with Gasteiger partial charge < -0.3 is 9.72 Å². The molecule has 2 heterocycles. The van der Waals surface area contributed by atoms with Gasteiger partial charge in [-0.15, -0.1) is 0 Å². The van der Waals surface area contributed by atoms with Gasteiger partial charge in [-0.05, 0) is 47.2 Å². The van der Waals surface area contributed by atoms with Crippen molar-refractivity contribution in [2.24, 2.45) is 0 Å². The Balaban J connectivity index is 1.71. The molecular weight excluding hydrogens is 418 g/mol. The Labute approximate surface area is 188 Å². The summed E-state index contributed by atoms with van der Waals surface area (Å²) in [5.74, 6) is 1.58. The SMILES string of the molecule is COc1ccc2c(-c3[nH]c(-c4ccc([S@](C)=O)cc4)nc3-c3ccncc3)cccc2c1. The molecule has 0 fully saturated rings. The van der Waals surface area contributed by atoms with Gasteiger partial charge in [0.25, 0.3) is 0 Å². The van der Waals surface area contributed by atoms with E-state index in [1.54, 1.807) is 25.8 Å². The van der Waals surface area contributed by atoms with Crippen molar-refractivity contribution in [3.05, 3.63) is 85.2 Å². The number of imidazole rings is 1. The molecule has 0 spiro atoms. The van der Waals surface area contributed by atoms with Crippen molar-refractivity contribution in [3.8, 4) is 39.7 Å². The monoisotopic (exact) mass is 439 g/mol. The van der Waals surface area contributed by atoms with Gasteiger partial charge in [-0.2, -0.15) is 0 Å². The Morgan fingerprint density at radius 1 is 0.906 bits per heavy atom. The third-order valence-corrected chi connectivity index (χ3v) is 6.41. The second-order valence-corrected chi connectivity index (χ2v) is 8.80. The quantitative estimate of drug-likeness (QED) is 0.381. The molecule has 5 rings (SSSR count). The standard InChI is InChI=1S/C26H21N3O2S/c1-31-20-8-11-22-19(16-20)4-3-5-23(22)25-24(17-12-14-27-15-13-17)28-26(29-25)18-6-9-21(10-7-18)32(2)30/h3-16H,1-2H3,(H,28,29)/t32-/m0/s1. The zero-order valence-corrected chi connectivity index (χ0v) is 18.5. The van der Waals surface area contributed by atoms with Crippen LogP contribution in [-0.4, -0.2) is 32.5 Å². The van der Waals surface area contributed by atoms with E-state index in [4.69, 9.17) is 9.72 Å². The van der Waals surface area contributed by atoms with Crippen LogP contribution in [0, 0.1) is 0 Å². The third-order valence-electron chi connectivity index (χ3n) is 5.47. The van der Waals surface area contributed by atoms with E-state index in [1.165, 1.54) is 0 Å². The van der Waals surface area contributed by atoms with Crippen molar-refractivity contribution in [2.75, 3.05) is 13.4 Å². The fraction of sp³-hybridized carbons (Fsp3) is 0.0769. The van der Waals surface area contributed by atoms with Gasteiger partial charge in [0.15, 0.2) is 0 Å². The van der Waals surface area contributed by atoms with Crippen LogP contribution in [0.4, 0.5) is 0 Å². The molecule has 6 heteroatoms. The van der Waals surface area contributed by atoms with Gasteiger partial charge in [0.1, 0.15) is 11.6 Å². The highest BCUT2D eigenvalue weighted by molar-refractivity contribution is 7.84. The lowest BCUT2D eigenvalue weighted by molar-refractivity contribution is 0.415. The van der Waals surface area contributed by atoms with Crippen molar-refractivity contribution in [1.82, 2.24) is 15.0 Å². The first kappa shape index (κ1) is 20.2. The van der Waals surface area contributed by atoms with Gasteiger partial charge in [0.05, 0.1) is 18.5 Å². The van der Waals surface area contributed by atoms with E-state index >= 15 is 0 Å². The van der Waals surface area contributed by atoms with E-state index in [9.17, 15) is 4.21 Å². The number of aromatic nitrogens is 3. The summed E-state index contributed by atoms with van der Waals surface area (Å²) in [5.41, 5.74) is 4.76. The number of nitrogens with one attached hydrogen (secondary N) is 1. The van der Waals surface area contributed by atoms with Gasteiger partial charge in [-0.25, -0.2) is 4.98 Å². The van der Waals surface area contributed by atoms with E-state index in [-0.39, 0.29) is 0 Å². The predicted molar refractivity (Wildman–Crippen MR) is 129 cm³/mol. The molecule has 5 aromatic rings. The molecule has 1 atom stereocenters. The van der Waals surface area contributed by atoms with Crippen molar-refractivity contribution in [1.29, 1.82) is 0 Å². The average molecular weight is 440 g/mol. The van der Waals surface area contributed by atoms with Gasteiger partial charge in [0, 0.05) is 51.0 Å². The predicted octanol–water partition coefficient (Wildman–Crippen LogP) is 5.70. The van der Waals surface area contributed by atoms with Gasteiger partial charge in [-0.3, -0.25) is 9.19 Å². The number of fused-ring (bicyclic) bond motifs is 1.